The number of benzene rings is 2. The molecule has 1 saturated carbocycles. The number of rotatable bonds is 8. The Balaban J connectivity index is 1.35. The second-order valence-corrected chi connectivity index (χ2v) is 10.8. The lowest BCUT2D eigenvalue weighted by atomic mass is 9.79. The SMILES string of the molecule is COc1ccccc1CC[C@H]1CCc2cc([C@@H]3CC[C@](N)(COP(=O)(O)O)C3)ccc2C1. The fraction of sp³-hybridized carbons (Fsp3) is 0.520. The Morgan fingerprint density at radius 2 is 1.97 bits per heavy atom. The maximum absolute atomic E-state index is 11.0. The number of methoxy groups -OCH3 is 1. The highest BCUT2D eigenvalue weighted by molar-refractivity contribution is 7.46. The number of hydrogen-bond donors (Lipinski definition) is 3. The first-order valence-corrected chi connectivity index (χ1v) is 13.0. The zero-order chi connectivity index (χ0) is 22.8. The summed E-state index contributed by atoms with van der Waals surface area (Å²) in [5.74, 6) is 1.98. The van der Waals surface area contributed by atoms with Crippen LogP contribution in [0.1, 0.15) is 60.3 Å². The van der Waals surface area contributed by atoms with Gasteiger partial charge in [-0.15, -0.1) is 0 Å². The van der Waals surface area contributed by atoms with Gasteiger partial charge in [0, 0.05) is 5.54 Å². The molecule has 1 fully saturated rings. The summed E-state index contributed by atoms with van der Waals surface area (Å²) in [5.41, 5.74) is 11.2. The molecule has 2 aromatic carbocycles. The van der Waals surface area contributed by atoms with Crippen LogP contribution in [0.25, 0.3) is 0 Å². The molecule has 32 heavy (non-hydrogen) atoms. The third-order valence-electron chi connectivity index (χ3n) is 7.21. The topological polar surface area (TPSA) is 102 Å². The third kappa shape index (κ3) is 5.81. The van der Waals surface area contributed by atoms with Crippen LogP contribution in [-0.4, -0.2) is 29.0 Å². The van der Waals surface area contributed by atoms with Crippen molar-refractivity contribution in [2.45, 2.75) is 62.8 Å². The number of para-hydroxylation sites is 1. The fourth-order valence-corrected chi connectivity index (χ4v) is 5.83. The lowest BCUT2D eigenvalue weighted by Crippen LogP contribution is -2.41. The molecule has 4 N–H and O–H groups in total. The predicted molar refractivity (Wildman–Crippen MR) is 125 cm³/mol. The van der Waals surface area contributed by atoms with Gasteiger partial charge in [0.2, 0.25) is 0 Å². The van der Waals surface area contributed by atoms with Crippen molar-refractivity contribution >= 4 is 7.82 Å². The Hall–Kier alpha value is -1.69. The van der Waals surface area contributed by atoms with Crippen LogP contribution in [0.4, 0.5) is 0 Å². The summed E-state index contributed by atoms with van der Waals surface area (Å²) in [6, 6.07) is 15.1. The number of hydrogen-bond acceptors (Lipinski definition) is 4. The van der Waals surface area contributed by atoms with E-state index in [0.29, 0.717) is 24.7 Å². The van der Waals surface area contributed by atoms with Gasteiger partial charge in [-0.25, -0.2) is 4.57 Å². The molecule has 0 aliphatic heterocycles. The molecule has 0 bridgehead atoms. The second-order valence-electron chi connectivity index (χ2n) is 9.55. The van der Waals surface area contributed by atoms with Gasteiger partial charge in [0.05, 0.1) is 13.7 Å². The standard InChI is InChI=1S/C25H34NO5P/c1-30-24-5-3-2-4-19(24)8-6-18-7-9-21-15-22(11-10-20(21)14-18)23-12-13-25(26,16-23)17-31-32(27,28)29/h2-5,10-11,15,18,23H,6-9,12-14,16-17,26H2,1H3,(H2,27,28,29)/t18-,23+,25+/m0/s1. The van der Waals surface area contributed by atoms with E-state index >= 15 is 0 Å². The Morgan fingerprint density at radius 1 is 1.16 bits per heavy atom. The monoisotopic (exact) mass is 459 g/mol. The van der Waals surface area contributed by atoms with Crippen LogP contribution >= 0.6 is 7.82 Å². The Kier molecular flexibility index (Phi) is 7.09. The van der Waals surface area contributed by atoms with E-state index in [1.165, 1.54) is 35.1 Å². The third-order valence-corrected chi connectivity index (χ3v) is 7.68. The van der Waals surface area contributed by atoms with Gasteiger partial charge in [-0.05, 0) is 91.5 Å². The number of fused-ring (bicyclic) bond motifs is 1. The molecule has 3 atom stereocenters. The van der Waals surface area contributed by atoms with Gasteiger partial charge in [-0.2, -0.15) is 0 Å². The first-order chi connectivity index (χ1) is 15.2. The largest absolute Gasteiger partial charge is 0.496 e. The summed E-state index contributed by atoms with van der Waals surface area (Å²) in [6.45, 7) is -0.105. The van der Waals surface area contributed by atoms with Crippen LogP contribution in [0.3, 0.4) is 0 Å². The van der Waals surface area contributed by atoms with Crippen LogP contribution < -0.4 is 10.5 Å². The minimum absolute atomic E-state index is 0.105. The lowest BCUT2D eigenvalue weighted by molar-refractivity contribution is 0.153. The Labute approximate surface area is 190 Å². The van der Waals surface area contributed by atoms with E-state index in [0.717, 1.165) is 31.4 Å². The Bertz CT molecular complexity index is 990. The van der Waals surface area contributed by atoms with Crippen molar-refractivity contribution in [3.63, 3.8) is 0 Å². The molecule has 174 valence electrons. The van der Waals surface area contributed by atoms with E-state index in [-0.39, 0.29) is 6.61 Å². The fourth-order valence-electron chi connectivity index (χ4n) is 5.40. The van der Waals surface area contributed by atoms with Crippen LogP contribution in [0.15, 0.2) is 42.5 Å². The van der Waals surface area contributed by atoms with Crippen molar-refractivity contribution in [3.05, 3.63) is 64.7 Å². The number of phosphoric ester groups is 1. The maximum Gasteiger partial charge on any atom is 0.469 e. The molecule has 0 radical (unpaired) electrons. The molecule has 4 rings (SSSR count). The second kappa shape index (κ2) is 9.66. The van der Waals surface area contributed by atoms with Gasteiger partial charge < -0.3 is 20.3 Å². The maximum atomic E-state index is 11.0. The minimum Gasteiger partial charge on any atom is -0.496 e. The summed E-state index contributed by atoms with van der Waals surface area (Å²) in [4.78, 5) is 18.0. The molecular formula is C25H34NO5P. The lowest BCUT2D eigenvalue weighted by Gasteiger charge is -2.27. The van der Waals surface area contributed by atoms with Crippen LogP contribution in [0.5, 0.6) is 5.75 Å². The summed E-state index contributed by atoms with van der Waals surface area (Å²) in [6.07, 6.45) is 7.94. The van der Waals surface area contributed by atoms with E-state index in [1.807, 2.05) is 12.1 Å². The molecule has 2 aromatic rings. The highest BCUT2D eigenvalue weighted by Gasteiger charge is 2.38. The highest BCUT2D eigenvalue weighted by atomic mass is 31.2. The number of phosphoric acid groups is 1. The van der Waals surface area contributed by atoms with E-state index in [2.05, 4.69) is 30.3 Å². The summed E-state index contributed by atoms with van der Waals surface area (Å²) < 4.78 is 21.2. The predicted octanol–water partition coefficient (Wildman–Crippen LogP) is 4.51. The normalized spacial score (nSPS) is 25.5. The molecule has 0 heterocycles. The molecule has 0 aromatic heterocycles. The highest BCUT2D eigenvalue weighted by Crippen LogP contribution is 2.44. The van der Waals surface area contributed by atoms with Crippen LogP contribution in [0, 0.1) is 5.92 Å². The molecule has 2 aliphatic carbocycles. The van der Waals surface area contributed by atoms with E-state index in [9.17, 15) is 4.57 Å². The van der Waals surface area contributed by atoms with E-state index < -0.39 is 13.4 Å². The number of ether oxygens (including phenoxy) is 1. The van der Waals surface area contributed by atoms with Crippen molar-refractivity contribution < 1.29 is 23.6 Å². The van der Waals surface area contributed by atoms with Gasteiger partial charge >= 0.3 is 7.82 Å². The van der Waals surface area contributed by atoms with Crippen molar-refractivity contribution in [3.8, 4) is 5.75 Å². The summed E-state index contributed by atoms with van der Waals surface area (Å²) >= 11 is 0. The smallest absolute Gasteiger partial charge is 0.469 e. The first-order valence-electron chi connectivity index (χ1n) is 11.5. The van der Waals surface area contributed by atoms with E-state index in [1.54, 1.807) is 7.11 Å². The van der Waals surface area contributed by atoms with Gasteiger partial charge in [-0.1, -0.05) is 36.4 Å². The molecule has 0 saturated heterocycles. The molecule has 7 heteroatoms. The van der Waals surface area contributed by atoms with Crippen molar-refractivity contribution in [2.24, 2.45) is 11.7 Å². The van der Waals surface area contributed by atoms with Gasteiger partial charge in [0.15, 0.2) is 0 Å². The van der Waals surface area contributed by atoms with Gasteiger partial charge in [-0.3, -0.25) is 4.52 Å². The summed E-state index contributed by atoms with van der Waals surface area (Å²) in [5, 5.41) is 0. The number of nitrogens with two attached hydrogens (primary N) is 1. The van der Waals surface area contributed by atoms with Crippen LogP contribution in [-0.2, 0) is 28.4 Å². The van der Waals surface area contributed by atoms with E-state index in [4.69, 9.17) is 24.8 Å². The van der Waals surface area contributed by atoms with Gasteiger partial charge in [0.1, 0.15) is 5.75 Å². The van der Waals surface area contributed by atoms with Crippen LogP contribution in [0.2, 0.25) is 0 Å². The first kappa shape index (κ1) is 23.5. The molecule has 6 nitrogen and oxygen atoms in total. The average molecular weight is 460 g/mol. The van der Waals surface area contributed by atoms with Gasteiger partial charge in [0.25, 0.3) is 0 Å². The molecule has 0 amide bonds. The molecule has 2 aliphatic rings. The molecule has 0 unspecified atom stereocenters. The Morgan fingerprint density at radius 3 is 2.75 bits per heavy atom. The van der Waals surface area contributed by atoms with Crippen molar-refractivity contribution in [2.75, 3.05) is 13.7 Å². The summed E-state index contributed by atoms with van der Waals surface area (Å²) in [7, 11) is -2.76. The zero-order valence-electron chi connectivity index (χ0n) is 18.7. The molecular weight excluding hydrogens is 425 g/mol. The quantitative estimate of drug-likeness (QED) is 0.502. The van der Waals surface area contributed by atoms with Crippen molar-refractivity contribution in [1.82, 2.24) is 0 Å². The number of aryl methyl sites for hydroxylation is 2. The zero-order valence-corrected chi connectivity index (χ0v) is 19.6. The van der Waals surface area contributed by atoms with Crippen molar-refractivity contribution in [1.29, 1.82) is 0 Å². The molecule has 0 spiro atoms. The average Bonchev–Trinajstić information content (AvgIpc) is 3.18. The minimum atomic E-state index is -4.49.